The van der Waals surface area contributed by atoms with Crippen molar-refractivity contribution in [1.82, 2.24) is 0 Å². The molecule has 0 spiro atoms. The predicted molar refractivity (Wildman–Crippen MR) is 60.4 cm³/mol. The lowest BCUT2D eigenvalue weighted by Crippen LogP contribution is -2.48. The SMILES string of the molecule is C=C[Si]1(C)OCCCC[Si](C)(C)O1. The van der Waals surface area contributed by atoms with Gasteiger partial charge in [-0.05, 0) is 32.1 Å². The fourth-order valence-electron chi connectivity index (χ4n) is 1.66. The van der Waals surface area contributed by atoms with E-state index in [1.807, 2.05) is 5.70 Å². The van der Waals surface area contributed by atoms with Gasteiger partial charge in [-0.1, -0.05) is 12.1 Å². The molecule has 0 bridgehead atoms. The monoisotopic (exact) mass is 216 g/mol. The van der Waals surface area contributed by atoms with Crippen LogP contribution in [0.4, 0.5) is 0 Å². The Bertz CT molecular complexity index is 194. The molecule has 1 rings (SSSR count). The van der Waals surface area contributed by atoms with E-state index in [0.29, 0.717) is 0 Å². The van der Waals surface area contributed by atoms with E-state index in [2.05, 4.69) is 26.2 Å². The molecule has 0 amide bonds. The zero-order valence-electron chi connectivity index (χ0n) is 8.93. The minimum atomic E-state index is -2.00. The largest absolute Gasteiger partial charge is 0.433 e. The van der Waals surface area contributed by atoms with Crippen molar-refractivity contribution in [3.63, 3.8) is 0 Å². The van der Waals surface area contributed by atoms with Crippen molar-refractivity contribution in [3.8, 4) is 0 Å². The second-order valence-electron chi connectivity index (χ2n) is 4.39. The van der Waals surface area contributed by atoms with Crippen molar-refractivity contribution >= 4 is 16.9 Å². The van der Waals surface area contributed by atoms with Crippen molar-refractivity contribution in [2.45, 2.75) is 38.5 Å². The highest BCUT2D eigenvalue weighted by Gasteiger charge is 2.37. The fraction of sp³-hybridized carbons (Fsp3) is 0.778. The highest BCUT2D eigenvalue weighted by Crippen LogP contribution is 2.24. The lowest BCUT2D eigenvalue weighted by molar-refractivity contribution is 0.236. The molecule has 0 saturated carbocycles. The van der Waals surface area contributed by atoms with Crippen LogP contribution in [-0.4, -0.2) is 23.5 Å². The first-order chi connectivity index (χ1) is 5.97. The van der Waals surface area contributed by atoms with Crippen molar-refractivity contribution in [3.05, 3.63) is 12.3 Å². The molecule has 1 saturated heterocycles. The fourth-order valence-corrected chi connectivity index (χ4v) is 8.79. The van der Waals surface area contributed by atoms with Crippen molar-refractivity contribution in [2.24, 2.45) is 0 Å². The molecule has 0 aromatic rings. The molecule has 4 heteroatoms. The smallest absolute Gasteiger partial charge is 0.350 e. The summed E-state index contributed by atoms with van der Waals surface area (Å²) in [6.45, 7) is 11.3. The van der Waals surface area contributed by atoms with Gasteiger partial charge in [0.15, 0.2) is 8.32 Å². The van der Waals surface area contributed by atoms with Crippen LogP contribution in [-0.2, 0) is 8.54 Å². The topological polar surface area (TPSA) is 18.5 Å². The van der Waals surface area contributed by atoms with Crippen LogP contribution in [0.2, 0.25) is 25.7 Å². The summed E-state index contributed by atoms with van der Waals surface area (Å²) < 4.78 is 11.9. The van der Waals surface area contributed by atoms with E-state index < -0.39 is 16.9 Å². The molecule has 0 radical (unpaired) electrons. The average molecular weight is 216 g/mol. The van der Waals surface area contributed by atoms with Gasteiger partial charge in [-0.2, -0.15) is 0 Å². The summed E-state index contributed by atoms with van der Waals surface area (Å²) >= 11 is 0. The summed E-state index contributed by atoms with van der Waals surface area (Å²) in [4.78, 5) is 0. The molecule has 0 N–H and O–H groups in total. The normalized spacial score (nSPS) is 34.7. The van der Waals surface area contributed by atoms with E-state index in [1.165, 1.54) is 18.9 Å². The van der Waals surface area contributed by atoms with Crippen LogP contribution in [0.15, 0.2) is 12.3 Å². The second-order valence-corrected chi connectivity index (χ2v) is 12.0. The first kappa shape index (κ1) is 11.2. The Hall–Kier alpha value is 0.0938. The van der Waals surface area contributed by atoms with Crippen LogP contribution in [0.3, 0.4) is 0 Å². The van der Waals surface area contributed by atoms with Gasteiger partial charge in [0.25, 0.3) is 0 Å². The Labute approximate surface area is 83.3 Å². The highest BCUT2D eigenvalue weighted by molar-refractivity contribution is 6.84. The third kappa shape index (κ3) is 3.38. The third-order valence-electron chi connectivity index (χ3n) is 2.41. The highest BCUT2D eigenvalue weighted by atomic mass is 28.4. The van der Waals surface area contributed by atoms with Crippen molar-refractivity contribution in [2.75, 3.05) is 6.61 Å². The van der Waals surface area contributed by atoms with E-state index in [4.69, 9.17) is 8.54 Å². The van der Waals surface area contributed by atoms with Crippen molar-refractivity contribution < 1.29 is 8.54 Å². The van der Waals surface area contributed by atoms with Gasteiger partial charge < -0.3 is 8.54 Å². The molecule has 0 aromatic heterocycles. The molecule has 1 aliphatic heterocycles. The molecule has 1 unspecified atom stereocenters. The summed E-state index contributed by atoms with van der Waals surface area (Å²) in [5, 5.41) is 0. The van der Waals surface area contributed by atoms with Gasteiger partial charge in [-0.25, -0.2) is 0 Å². The molecule has 1 fully saturated rings. The lowest BCUT2D eigenvalue weighted by Gasteiger charge is -2.35. The maximum atomic E-state index is 6.15. The van der Waals surface area contributed by atoms with Crippen molar-refractivity contribution in [1.29, 1.82) is 0 Å². The van der Waals surface area contributed by atoms with Gasteiger partial charge in [-0.3, -0.25) is 0 Å². The first-order valence-electron chi connectivity index (χ1n) is 4.95. The Morgan fingerprint density at radius 3 is 2.54 bits per heavy atom. The molecule has 1 heterocycles. The molecule has 0 aromatic carbocycles. The summed E-state index contributed by atoms with van der Waals surface area (Å²) in [7, 11) is -3.47. The summed E-state index contributed by atoms with van der Waals surface area (Å²) in [5.41, 5.74) is 1.91. The number of hydrogen-bond acceptors (Lipinski definition) is 2. The second kappa shape index (κ2) is 4.08. The Balaban J connectivity index is 2.69. The number of rotatable bonds is 1. The zero-order valence-corrected chi connectivity index (χ0v) is 10.9. The van der Waals surface area contributed by atoms with Crippen LogP contribution in [0.5, 0.6) is 0 Å². The van der Waals surface area contributed by atoms with Crippen LogP contribution in [0, 0.1) is 0 Å². The van der Waals surface area contributed by atoms with Crippen LogP contribution < -0.4 is 0 Å². The minimum absolute atomic E-state index is 0.846. The Morgan fingerprint density at radius 2 is 1.92 bits per heavy atom. The lowest BCUT2D eigenvalue weighted by atomic mass is 10.4. The maximum absolute atomic E-state index is 6.15. The first-order valence-corrected chi connectivity index (χ1v) is 10.5. The minimum Gasteiger partial charge on any atom is -0.433 e. The van der Waals surface area contributed by atoms with Gasteiger partial charge in [0.05, 0.1) is 0 Å². The van der Waals surface area contributed by atoms with Gasteiger partial charge in [0, 0.05) is 6.61 Å². The van der Waals surface area contributed by atoms with Gasteiger partial charge >= 0.3 is 8.56 Å². The maximum Gasteiger partial charge on any atom is 0.350 e. The van der Waals surface area contributed by atoms with E-state index in [1.54, 1.807) is 0 Å². The summed E-state index contributed by atoms with van der Waals surface area (Å²) in [6.07, 6.45) is 2.43. The van der Waals surface area contributed by atoms with Gasteiger partial charge in [0.1, 0.15) is 0 Å². The Kier molecular flexibility index (Phi) is 3.51. The van der Waals surface area contributed by atoms with E-state index in [9.17, 15) is 0 Å². The molecular formula is C9H20O2Si2. The van der Waals surface area contributed by atoms with E-state index >= 15 is 0 Å². The van der Waals surface area contributed by atoms with E-state index in [0.717, 1.165) is 6.61 Å². The van der Waals surface area contributed by atoms with Crippen LogP contribution >= 0.6 is 0 Å². The molecular weight excluding hydrogens is 196 g/mol. The van der Waals surface area contributed by atoms with Crippen LogP contribution in [0.1, 0.15) is 12.8 Å². The van der Waals surface area contributed by atoms with E-state index in [-0.39, 0.29) is 0 Å². The van der Waals surface area contributed by atoms with Crippen LogP contribution in [0.25, 0.3) is 0 Å². The molecule has 1 aliphatic rings. The third-order valence-corrected chi connectivity index (χ3v) is 9.32. The molecule has 76 valence electrons. The van der Waals surface area contributed by atoms with Gasteiger partial charge in [0.2, 0.25) is 0 Å². The Morgan fingerprint density at radius 1 is 1.23 bits per heavy atom. The molecule has 2 nitrogen and oxygen atoms in total. The summed E-state index contributed by atoms with van der Waals surface area (Å²) in [5.74, 6) is 0. The zero-order chi connectivity index (χ0) is 9.95. The number of hydrogen-bond donors (Lipinski definition) is 0. The van der Waals surface area contributed by atoms with Gasteiger partial charge in [-0.15, -0.1) is 6.58 Å². The molecule has 1 atom stereocenters. The summed E-state index contributed by atoms with van der Waals surface area (Å²) in [6, 6.07) is 1.26. The molecule has 13 heavy (non-hydrogen) atoms. The molecule has 0 aliphatic carbocycles. The standard InChI is InChI=1S/C9H20O2Si2/c1-5-13(4)10-8-6-7-9-12(2,3)11-13/h5H,1,6-9H2,2-4H3. The average Bonchev–Trinajstić information content (AvgIpc) is 2.00. The predicted octanol–water partition coefficient (Wildman–Crippen LogP) is 2.82. The quantitative estimate of drug-likeness (QED) is 0.628.